The van der Waals surface area contributed by atoms with Gasteiger partial charge in [0.1, 0.15) is 6.04 Å². The van der Waals surface area contributed by atoms with Gasteiger partial charge in [-0.05, 0) is 36.1 Å². The molecule has 26 heavy (non-hydrogen) atoms. The van der Waals surface area contributed by atoms with Gasteiger partial charge in [-0.25, -0.2) is 9.59 Å². The molecule has 0 spiro atoms. The molecular weight excluding hydrogens is 381 g/mol. The summed E-state index contributed by atoms with van der Waals surface area (Å²) in [6.45, 7) is 3.32. The maximum atomic E-state index is 11.9. The first-order valence-corrected chi connectivity index (χ1v) is 8.65. The van der Waals surface area contributed by atoms with E-state index in [1.54, 1.807) is 18.2 Å². The van der Waals surface area contributed by atoms with E-state index < -0.39 is 30.5 Å². The summed E-state index contributed by atoms with van der Waals surface area (Å²) in [6.07, 6.45) is 3.07. The predicted molar refractivity (Wildman–Crippen MR) is 99.9 cm³/mol. The van der Waals surface area contributed by atoms with E-state index in [0.717, 1.165) is 0 Å². The fourth-order valence-corrected chi connectivity index (χ4v) is 2.34. The van der Waals surface area contributed by atoms with Gasteiger partial charge in [0.25, 0.3) is 5.91 Å². The number of rotatable bonds is 8. The average molecular weight is 402 g/mol. The third kappa shape index (κ3) is 7.89. The molecule has 1 amide bonds. The van der Waals surface area contributed by atoms with Crippen molar-refractivity contribution in [3.8, 4) is 0 Å². The number of nitrogens with one attached hydrogen (secondary N) is 1. The zero-order valence-corrected chi connectivity index (χ0v) is 16.3. The second kappa shape index (κ2) is 10.8. The molecule has 0 fully saturated rings. The number of ether oxygens (including phenoxy) is 2. The summed E-state index contributed by atoms with van der Waals surface area (Å²) in [5.74, 6) is -1.66. The Labute approximate surface area is 162 Å². The highest BCUT2D eigenvalue weighted by molar-refractivity contribution is 6.42. The normalized spacial score (nSPS) is 12.1. The van der Waals surface area contributed by atoms with Crippen LogP contribution in [0.2, 0.25) is 10.0 Å². The zero-order chi connectivity index (χ0) is 19.7. The number of esters is 2. The number of benzene rings is 1. The van der Waals surface area contributed by atoms with Crippen molar-refractivity contribution in [1.29, 1.82) is 0 Å². The van der Waals surface area contributed by atoms with Gasteiger partial charge < -0.3 is 14.8 Å². The zero-order valence-electron chi connectivity index (χ0n) is 14.8. The van der Waals surface area contributed by atoms with Crippen molar-refractivity contribution in [1.82, 2.24) is 5.32 Å². The van der Waals surface area contributed by atoms with Crippen LogP contribution in [-0.2, 0) is 23.9 Å². The second-order valence-electron chi connectivity index (χ2n) is 5.89. The Morgan fingerprint density at radius 3 is 2.46 bits per heavy atom. The maximum absolute atomic E-state index is 11.9. The van der Waals surface area contributed by atoms with Gasteiger partial charge in [-0.15, -0.1) is 0 Å². The Morgan fingerprint density at radius 2 is 1.88 bits per heavy atom. The monoisotopic (exact) mass is 401 g/mol. The van der Waals surface area contributed by atoms with Gasteiger partial charge in [0.15, 0.2) is 6.61 Å². The number of hydrogen-bond acceptors (Lipinski definition) is 5. The van der Waals surface area contributed by atoms with Gasteiger partial charge in [-0.3, -0.25) is 4.79 Å². The van der Waals surface area contributed by atoms with E-state index in [4.69, 9.17) is 27.9 Å². The minimum Gasteiger partial charge on any atom is -0.467 e. The summed E-state index contributed by atoms with van der Waals surface area (Å²) in [7, 11) is 1.25. The minimum atomic E-state index is -0.780. The van der Waals surface area contributed by atoms with Crippen molar-refractivity contribution in [3.63, 3.8) is 0 Å². The first kappa shape index (κ1) is 22.0. The molecule has 1 rings (SSSR count). The molecule has 0 aliphatic heterocycles. The molecule has 142 valence electrons. The molecule has 0 aliphatic rings. The lowest BCUT2D eigenvalue weighted by Crippen LogP contribution is -2.44. The molecule has 1 N–H and O–H groups in total. The summed E-state index contributed by atoms with van der Waals surface area (Å²) >= 11 is 11.7. The van der Waals surface area contributed by atoms with Crippen LogP contribution in [0.5, 0.6) is 0 Å². The largest absolute Gasteiger partial charge is 0.467 e. The van der Waals surface area contributed by atoms with Crippen LogP contribution >= 0.6 is 23.2 Å². The van der Waals surface area contributed by atoms with Crippen LogP contribution in [0.1, 0.15) is 25.8 Å². The topological polar surface area (TPSA) is 81.7 Å². The minimum absolute atomic E-state index is 0.177. The SMILES string of the molecule is COC(=O)[C@@H](CC(C)C)NC(=O)COC(=O)/C=C/c1ccc(Cl)c(Cl)c1. The van der Waals surface area contributed by atoms with Crippen molar-refractivity contribution in [2.45, 2.75) is 26.3 Å². The molecule has 8 heteroatoms. The first-order chi connectivity index (χ1) is 12.2. The van der Waals surface area contributed by atoms with Gasteiger partial charge >= 0.3 is 11.9 Å². The van der Waals surface area contributed by atoms with Crippen LogP contribution in [0, 0.1) is 5.92 Å². The Morgan fingerprint density at radius 1 is 1.19 bits per heavy atom. The van der Waals surface area contributed by atoms with Gasteiger partial charge in [-0.2, -0.15) is 0 Å². The maximum Gasteiger partial charge on any atom is 0.331 e. The van der Waals surface area contributed by atoms with Crippen molar-refractivity contribution in [3.05, 3.63) is 39.9 Å². The molecule has 0 heterocycles. The number of methoxy groups -OCH3 is 1. The lowest BCUT2D eigenvalue weighted by Gasteiger charge is -2.18. The van der Waals surface area contributed by atoms with Gasteiger partial charge in [0.05, 0.1) is 17.2 Å². The highest BCUT2D eigenvalue weighted by atomic mass is 35.5. The molecule has 0 radical (unpaired) electrons. The van der Waals surface area contributed by atoms with Crippen LogP contribution in [0.4, 0.5) is 0 Å². The van der Waals surface area contributed by atoms with Crippen LogP contribution in [-0.4, -0.2) is 37.6 Å². The quantitative estimate of drug-likeness (QED) is 0.533. The number of carbonyl (C=O) groups excluding carboxylic acids is 3. The Bertz CT molecular complexity index is 688. The van der Waals surface area contributed by atoms with Crippen LogP contribution in [0.15, 0.2) is 24.3 Å². The van der Waals surface area contributed by atoms with Gasteiger partial charge in [-0.1, -0.05) is 43.1 Å². The molecule has 6 nitrogen and oxygen atoms in total. The van der Waals surface area contributed by atoms with Crippen molar-refractivity contribution >= 4 is 47.1 Å². The molecule has 1 aromatic carbocycles. The lowest BCUT2D eigenvalue weighted by molar-refractivity contribution is -0.148. The van der Waals surface area contributed by atoms with Crippen LogP contribution in [0.25, 0.3) is 6.08 Å². The lowest BCUT2D eigenvalue weighted by atomic mass is 10.0. The number of carbonyl (C=O) groups is 3. The second-order valence-corrected chi connectivity index (χ2v) is 6.70. The molecular formula is C18H21Cl2NO5. The highest BCUT2D eigenvalue weighted by Crippen LogP contribution is 2.23. The molecule has 1 aromatic rings. The van der Waals surface area contributed by atoms with E-state index in [1.807, 2.05) is 13.8 Å². The van der Waals surface area contributed by atoms with E-state index in [-0.39, 0.29) is 5.92 Å². The third-order valence-corrected chi connectivity index (χ3v) is 3.97. The molecule has 0 aliphatic carbocycles. The van der Waals surface area contributed by atoms with Crippen LogP contribution in [0.3, 0.4) is 0 Å². The summed E-state index contributed by atoms with van der Waals surface area (Å²) < 4.78 is 9.50. The van der Waals surface area contributed by atoms with E-state index in [2.05, 4.69) is 10.1 Å². The van der Waals surface area contributed by atoms with Crippen molar-refractivity contribution in [2.24, 2.45) is 5.92 Å². The third-order valence-electron chi connectivity index (χ3n) is 3.23. The average Bonchev–Trinajstić information content (AvgIpc) is 2.59. The fraction of sp³-hybridized carbons (Fsp3) is 0.389. The Kier molecular flexibility index (Phi) is 9.16. The first-order valence-electron chi connectivity index (χ1n) is 7.90. The van der Waals surface area contributed by atoms with E-state index in [0.29, 0.717) is 22.0 Å². The number of hydrogen-bond donors (Lipinski definition) is 1. The molecule has 0 unspecified atom stereocenters. The predicted octanol–water partition coefficient (Wildman–Crippen LogP) is 3.25. The molecule has 0 aromatic heterocycles. The molecule has 0 bridgehead atoms. The van der Waals surface area contributed by atoms with E-state index in [9.17, 15) is 14.4 Å². The summed E-state index contributed by atoms with van der Waals surface area (Å²) in [6, 6.07) is 4.09. The molecule has 1 atom stereocenters. The number of halogens is 2. The highest BCUT2D eigenvalue weighted by Gasteiger charge is 2.22. The standard InChI is InChI=1S/C18H21Cl2NO5/c1-11(2)8-15(18(24)25-3)21-16(22)10-26-17(23)7-5-12-4-6-13(19)14(20)9-12/h4-7,9,11,15H,8,10H2,1-3H3,(H,21,22)/b7-5+/t15-/m1/s1. The van der Waals surface area contributed by atoms with Crippen molar-refractivity contribution < 1.29 is 23.9 Å². The van der Waals surface area contributed by atoms with Crippen LogP contribution < -0.4 is 5.32 Å². The van der Waals surface area contributed by atoms with Crippen molar-refractivity contribution in [2.75, 3.05) is 13.7 Å². The summed E-state index contributed by atoms with van der Waals surface area (Å²) in [5.41, 5.74) is 0.656. The van der Waals surface area contributed by atoms with E-state index in [1.165, 1.54) is 19.3 Å². The molecule has 0 saturated carbocycles. The summed E-state index contributed by atoms with van der Waals surface area (Å²) in [5, 5.41) is 3.26. The fourth-order valence-electron chi connectivity index (χ4n) is 2.03. The Hall–Kier alpha value is -2.05. The van der Waals surface area contributed by atoms with Gasteiger partial charge in [0, 0.05) is 6.08 Å². The van der Waals surface area contributed by atoms with Gasteiger partial charge in [0.2, 0.25) is 0 Å². The smallest absolute Gasteiger partial charge is 0.331 e. The Balaban J connectivity index is 2.52. The summed E-state index contributed by atoms with van der Waals surface area (Å²) in [4.78, 5) is 35.2. The van der Waals surface area contributed by atoms with E-state index >= 15 is 0 Å². The number of amides is 1. The molecule has 0 saturated heterocycles.